The number of nitrogens with zero attached hydrogens (tertiary/aromatic N) is 1. The first-order valence-electron chi connectivity index (χ1n) is 11.3. The smallest absolute Gasteiger partial charge is 0.336 e. The van der Waals surface area contributed by atoms with Crippen LogP contribution in [0.15, 0.2) is 56.6 Å². The SMILES string of the molecule is CCc1cc2oc(=O)cc(CN3CCCC(CNS(=O)(=O)c4ccc(C)cc4)C3)c2cc1Cl. The van der Waals surface area contributed by atoms with E-state index < -0.39 is 10.0 Å². The van der Waals surface area contributed by atoms with Crippen molar-refractivity contribution in [3.63, 3.8) is 0 Å². The predicted octanol–water partition coefficient (Wildman–Crippen LogP) is 4.51. The molecule has 1 N–H and O–H groups in total. The fraction of sp³-hybridized carbons (Fsp3) is 0.400. The number of benzene rings is 2. The van der Waals surface area contributed by atoms with Crippen LogP contribution in [0.4, 0.5) is 0 Å². The Balaban J connectivity index is 1.46. The highest BCUT2D eigenvalue weighted by Crippen LogP contribution is 2.28. The van der Waals surface area contributed by atoms with Crippen molar-refractivity contribution in [2.75, 3.05) is 19.6 Å². The fourth-order valence-corrected chi connectivity index (χ4v) is 5.83. The van der Waals surface area contributed by atoms with Gasteiger partial charge in [0.1, 0.15) is 5.58 Å². The van der Waals surface area contributed by atoms with Crippen LogP contribution in [0.2, 0.25) is 5.02 Å². The lowest BCUT2D eigenvalue weighted by molar-refractivity contribution is 0.169. The first-order chi connectivity index (χ1) is 15.7. The summed E-state index contributed by atoms with van der Waals surface area (Å²) >= 11 is 6.43. The highest BCUT2D eigenvalue weighted by Gasteiger charge is 2.23. The number of hydrogen-bond acceptors (Lipinski definition) is 5. The van der Waals surface area contributed by atoms with Crippen LogP contribution in [0, 0.1) is 12.8 Å². The van der Waals surface area contributed by atoms with Crippen LogP contribution in [0.25, 0.3) is 11.0 Å². The molecule has 0 spiro atoms. The van der Waals surface area contributed by atoms with Crippen molar-refractivity contribution >= 4 is 32.6 Å². The Morgan fingerprint density at radius 3 is 2.64 bits per heavy atom. The number of nitrogens with one attached hydrogen (secondary N) is 1. The molecular weight excluding hydrogens is 460 g/mol. The van der Waals surface area contributed by atoms with E-state index in [1.165, 1.54) is 6.07 Å². The van der Waals surface area contributed by atoms with E-state index in [-0.39, 0.29) is 16.4 Å². The van der Waals surface area contributed by atoms with E-state index in [2.05, 4.69) is 9.62 Å². The topological polar surface area (TPSA) is 79.6 Å². The first-order valence-corrected chi connectivity index (χ1v) is 13.1. The molecule has 0 radical (unpaired) electrons. The molecule has 6 nitrogen and oxygen atoms in total. The summed E-state index contributed by atoms with van der Waals surface area (Å²) in [5, 5.41) is 1.51. The van der Waals surface area contributed by atoms with Gasteiger partial charge in [-0.25, -0.2) is 17.9 Å². The lowest BCUT2D eigenvalue weighted by Gasteiger charge is -2.33. The molecule has 33 heavy (non-hydrogen) atoms. The van der Waals surface area contributed by atoms with Gasteiger partial charge < -0.3 is 4.42 Å². The van der Waals surface area contributed by atoms with Crippen LogP contribution in [-0.2, 0) is 23.0 Å². The minimum atomic E-state index is -3.54. The van der Waals surface area contributed by atoms with Crippen molar-refractivity contribution in [3.05, 3.63) is 74.6 Å². The zero-order valence-corrected chi connectivity index (χ0v) is 20.5. The molecule has 0 saturated carbocycles. The zero-order chi connectivity index (χ0) is 23.6. The third-order valence-electron chi connectivity index (χ3n) is 6.27. The zero-order valence-electron chi connectivity index (χ0n) is 18.9. The van der Waals surface area contributed by atoms with Gasteiger partial charge >= 0.3 is 5.63 Å². The minimum absolute atomic E-state index is 0.195. The minimum Gasteiger partial charge on any atom is -0.423 e. The van der Waals surface area contributed by atoms with Gasteiger partial charge in [0.2, 0.25) is 10.0 Å². The summed E-state index contributed by atoms with van der Waals surface area (Å²) in [6, 6.07) is 12.1. The fourth-order valence-electron chi connectivity index (χ4n) is 4.42. The van der Waals surface area contributed by atoms with Crippen molar-refractivity contribution in [2.45, 2.75) is 44.6 Å². The Morgan fingerprint density at radius 2 is 1.91 bits per heavy atom. The van der Waals surface area contributed by atoms with Gasteiger partial charge in [0.25, 0.3) is 0 Å². The maximum atomic E-state index is 12.6. The normalized spacial score (nSPS) is 17.5. The van der Waals surface area contributed by atoms with E-state index in [0.717, 1.165) is 54.4 Å². The van der Waals surface area contributed by atoms with E-state index in [1.807, 2.05) is 26.0 Å². The second-order valence-corrected chi connectivity index (χ2v) is 11.0. The molecule has 0 amide bonds. The van der Waals surface area contributed by atoms with Crippen molar-refractivity contribution in [3.8, 4) is 0 Å². The summed E-state index contributed by atoms with van der Waals surface area (Å²) in [7, 11) is -3.54. The molecule has 1 unspecified atom stereocenters. The molecule has 0 aliphatic carbocycles. The van der Waals surface area contributed by atoms with Crippen LogP contribution in [0.5, 0.6) is 0 Å². The molecule has 1 aliphatic rings. The molecule has 1 fully saturated rings. The number of sulfonamides is 1. The Morgan fingerprint density at radius 1 is 1.15 bits per heavy atom. The number of rotatable bonds is 7. The maximum Gasteiger partial charge on any atom is 0.336 e. The average molecular weight is 489 g/mol. The molecule has 4 rings (SSSR count). The van der Waals surface area contributed by atoms with Crippen LogP contribution in [0.3, 0.4) is 0 Å². The van der Waals surface area contributed by atoms with E-state index in [4.69, 9.17) is 16.0 Å². The van der Waals surface area contributed by atoms with Gasteiger partial charge in [0, 0.05) is 36.1 Å². The lowest BCUT2D eigenvalue weighted by Crippen LogP contribution is -2.40. The number of aryl methyl sites for hydroxylation is 2. The number of hydrogen-bond donors (Lipinski definition) is 1. The molecule has 1 atom stereocenters. The third-order valence-corrected chi connectivity index (χ3v) is 8.06. The highest BCUT2D eigenvalue weighted by atomic mass is 35.5. The first kappa shape index (κ1) is 24.0. The Bertz CT molecular complexity index is 1300. The van der Waals surface area contributed by atoms with Crippen LogP contribution >= 0.6 is 11.6 Å². The summed E-state index contributed by atoms with van der Waals surface area (Å²) < 4.78 is 33.5. The maximum absolute atomic E-state index is 12.6. The van der Waals surface area contributed by atoms with Crippen molar-refractivity contribution in [1.29, 1.82) is 0 Å². The van der Waals surface area contributed by atoms with Crippen LogP contribution in [-0.4, -0.2) is 33.0 Å². The van der Waals surface area contributed by atoms with Gasteiger partial charge in [-0.2, -0.15) is 0 Å². The molecule has 1 aromatic heterocycles. The summed E-state index contributed by atoms with van der Waals surface area (Å²) in [5.74, 6) is 0.195. The van der Waals surface area contributed by atoms with E-state index in [9.17, 15) is 13.2 Å². The van der Waals surface area contributed by atoms with Gasteiger partial charge in [0.15, 0.2) is 0 Å². The molecule has 1 saturated heterocycles. The largest absolute Gasteiger partial charge is 0.423 e. The Kier molecular flexibility index (Phi) is 7.24. The molecule has 176 valence electrons. The number of piperidine rings is 1. The standard InChI is InChI=1S/C25H29ClN2O4S/c1-3-19-11-24-22(13-23(19)26)20(12-25(29)32-24)16-28-10-4-5-18(15-28)14-27-33(30,31)21-8-6-17(2)7-9-21/h6-9,11-13,18,27H,3-5,10,14-16H2,1-2H3. The molecule has 0 bridgehead atoms. The van der Waals surface area contributed by atoms with Gasteiger partial charge in [-0.1, -0.05) is 36.2 Å². The van der Waals surface area contributed by atoms with Crippen molar-refractivity contribution in [1.82, 2.24) is 9.62 Å². The molecule has 3 aromatic rings. The molecule has 1 aliphatic heterocycles. The highest BCUT2D eigenvalue weighted by molar-refractivity contribution is 7.89. The van der Waals surface area contributed by atoms with E-state index in [1.54, 1.807) is 24.3 Å². The van der Waals surface area contributed by atoms with Gasteiger partial charge in [-0.05, 0) is 74.0 Å². The summed E-state index contributed by atoms with van der Waals surface area (Å²) in [5.41, 5.74) is 3.03. The Labute approximate surface area is 199 Å². The summed E-state index contributed by atoms with van der Waals surface area (Å²) in [6.07, 6.45) is 2.68. The molecular formula is C25H29ClN2O4S. The van der Waals surface area contributed by atoms with Crippen molar-refractivity contribution in [2.24, 2.45) is 5.92 Å². The number of halogens is 1. The second-order valence-electron chi connectivity index (χ2n) is 8.79. The average Bonchev–Trinajstić information content (AvgIpc) is 2.78. The third kappa shape index (κ3) is 5.66. The van der Waals surface area contributed by atoms with Gasteiger partial charge in [-0.15, -0.1) is 0 Å². The molecule has 2 aromatic carbocycles. The van der Waals surface area contributed by atoms with Crippen LogP contribution < -0.4 is 10.3 Å². The summed E-state index contributed by atoms with van der Waals surface area (Å²) in [4.78, 5) is 14.7. The Hall–Kier alpha value is -2.19. The van der Waals surface area contributed by atoms with Gasteiger partial charge in [0.05, 0.1) is 4.90 Å². The second kappa shape index (κ2) is 9.97. The van der Waals surface area contributed by atoms with Crippen molar-refractivity contribution < 1.29 is 12.8 Å². The quantitative estimate of drug-likeness (QED) is 0.495. The van der Waals surface area contributed by atoms with Gasteiger partial charge in [-0.3, -0.25) is 4.90 Å². The predicted molar refractivity (Wildman–Crippen MR) is 131 cm³/mol. The molecule has 2 heterocycles. The van der Waals surface area contributed by atoms with E-state index >= 15 is 0 Å². The number of likely N-dealkylation sites (tertiary alicyclic amines) is 1. The number of fused-ring (bicyclic) bond motifs is 1. The van der Waals surface area contributed by atoms with Crippen LogP contribution in [0.1, 0.15) is 36.5 Å². The molecule has 8 heteroatoms. The van der Waals surface area contributed by atoms with E-state index in [0.29, 0.717) is 23.7 Å². The monoisotopic (exact) mass is 488 g/mol. The summed E-state index contributed by atoms with van der Waals surface area (Å²) in [6.45, 7) is 6.55. The lowest BCUT2D eigenvalue weighted by atomic mass is 9.97.